The van der Waals surface area contributed by atoms with Gasteiger partial charge in [-0.3, -0.25) is 0 Å². The summed E-state index contributed by atoms with van der Waals surface area (Å²) in [6.45, 7) is 0. The van der Waals surface area contributed by atoms with Crippen LogP contribution in [0.25, 0.3) is 0 Å². The normalized spacial score (nSPS) is 12.7. The Morgan fingerprint density at radius 1 is 1.38 bits per heavy atom. The van der Waals surface area contributed by atoms with Gasteiger partial charge in [0.1, 0.15) is 5.82 Å². The van der Waals surface area contributed by atoms with Crippen LogP contribution in [0.1, 0.15) is 17.2 Å². The summed E-state index contributed by atoms with van der Waals surface area (Å²) in [6.07, 6.45) is 0. The minimum Gasteiger partial charge on any atom is -0.309 e. The second-order valence-corrected chi connectivity index (χ2v) is 5.14. The van der Waals surface area contributed by atoms with Crippen LogP contribution in [-0.4, -0.2) is 7.05 Å². The van der Waals surface area contributed by atoms with Gasteiger partial charge >= 0.3 is 0 Å². The Morgan fingerprint density at radius 2 is 2.19 bits per heavy atom. The zero-order valence-electron chi connectivity index (χ0n) is 8.71. The van der Waals surface area contributed by atoms with Gasteiger partial charge in [-0.05, 0) is 41.6 Å². The molecule has 0 aliphatic carbocycles. The van der Waals surface area contributed by atoms with Crippen LogP contribution in [0.15, 0.2) is 39.5 Å². The summed E-state index contributed by atoms with van der Waals surface area (Å²) >= 11 is 4.87. The quantitative estimate of drug-likeness (QED) is 0.905. The van der Waals surface area contributed by atoms with Crippen LogP contribution in [0.3, 0.4) is 0 Å². The van der Waals surface area contributed by atoms with E-state index in [1.807, 2.05) is 29.9 Å². The van der Waals surface area contributed by atoms with Gasteiger partial charge in [-0.2, -0.15) is 11.3 Å². The molecule has 2 aromatic rings. The highest BCUT2D eigenvalue weighted by Crippen LogP contribution is 2.27. The molecule has 0 radical (unpaired) electrons. The maximum Gasteiger partial charge on any atom is 0.129 e. The van der Waals surface area contributed by atoms with Crippen LogP contribution in [0, 0.1) is 5.82 Å². The van der Waals surface area contributed by atoms with Gasteiger partial charge in [0.2, 0.25) is 0 Å². The molecule has 0 aliphatic rings. The van der Waals surface area contributed by atoms with Crippen molar-refractivity contribution in [1.82, 2.24) is 5.32 Å². The van der Waals surface area contributed by atoms with Crippen LogP contribution in [0.2, 0.25) is 0 Å². The van der Waals surface area contributed by atoms with Crippen molar-refractivity contribution in [3.63, 3.8) is 0 Å². The van der Waals surface area contributed by atoms with Crippen molar-refractivity contribution in [2.24, 2.45) is 0 Å². The van der Waals surface area contributed by atoms with Gasteiger partial charge in [-0.15, -0.1) is 0 Å². The zero-order chi connectivity index (χ0) is 11.5. The summed E-state index contributed by atoms with van der Waals surface area (Å²) in [5.74, 6) is -0.195. The lowest BCUT2D eigenvalue weighted by atomic mass is 10.0. The highest BCUT2D eigenvalue weighted by Gasteiger charge is 2.16. The zero-order valence-corrected chi connectivity index (χ0v) is 11.1. The fourth-order valence-electron chi connectivity index (χ4n) is 1.68. The van der Waals surface area contributed by atoms with Crippen molar-refractivity contribution in [2.75, 3.05) is 7.05 Å². The standard InChI is InChI=1S/C12H11BrFNS/c1-15-12(8-4-5-16-7-8)10-3-2-9(13)6-11(10)14/h2-7,12,15H,1H3. The topological polar surface area (TPSA) is 12.0 Å². The van der Waals surface area contributed by atoms with Crippen molar-refractivity contribution in [2.45, 2.75) is 6.04 Å². The maximum atomic E-state index is 13.8. The molecule has 0 spiro atoms. The molecule has 0 saturated heterocycles. The molecule has 0 aliphatic heterocycles. The van der Waals surface area contributed by atoms with Gasteiger partial charge in [0, 0.05) is 10.0 Å². The molecule has 0 amide bonds. The molecule has 1 N–H and O–H groups in total. The van der Waals surface area contributed by atoms with E-state index in [2.05, 4.69) is 21.2 Å². The first-order valence-electron chi connectivity index (χ1n) is 4.86. The number of hydrogen-bond donors (Lipinski definition) is 1. The molecule has 4 heteroatoms. The summed E-state index contributed by atoms with van der Waals surface area (Å²) in [6, 6.07) is 7.08. The molecule has 1 unspecified atom stereocenters. The van der Waals surface area contributed by atoms with Crippen LogP contribution in [0.4, 0.5) is 4.39 Å². The molecule has 1 atom stereocenters. The molecule has 2 rings (SSSR count). The summed E-state index contributed by atoms with van der Waals surface area (Å²) in [4.78, 5) is 0. The predicted molar refractivity (Wildman–Crippen MR) is 69.3 cm³/mol. The Hall–Kier alpha value is -0.710. The monoisotopic (exact) mass is 299 g/mol. The smallest absolute Gasteiger partial charge is 0.129 e. The number of halogens is 2. The van der Waals surface area contributed by atoms with Crippen LogP contribution < -0.4 is 5.32 Å². The minimum atomic E-state index is -0.195. The average molecular weight is 300 g/mol. The van der Waals surface area contributed by atoms with Crippen LogP contribution >= 0.6 is 27.3 Å². The molecular formula is C12H11BrFNS. The second-order valence-electron chi connectivity index (χ2n) is 3.44. The highest BCUT2D eigenvalue weighted by molar-refractivity contribution is 9.10. The predicted octanol–water partition coefficient (Wildman–Crippen LogP) is 3.96. The van der Waals surface area contributed by atoms with E-state index in [-0.39, 0.29) is 11.9 Å². The summed E-state index contributed by atoms with van der Waals surface area (Å²) in [5.41, 5.74) is 1.76. The van der Waals surface area contributed by atoms with E-state index < -0.39 is 0 Å². The largest absolute Gasteiger partial charge is 0.309 e. The van der Waals surface area contributed by atoms with E-state index in [1.54, 1.807) is 17.4 Å². The average Bonchev–Trinajstić information content (AvgIpc) is 2.75. The SMILES string of the molecule is CNC(c1ccsc1)c1ccc(Br)cc1F. The van der Waals surface area contributed by atoms with Crippen molar-refractivity contribution in [1.29, 1.82) is 0 Å². The molecule has 1 aromatic carbocycles. The summed E-state index contributed by atoms with van der Waals surface area (Å²) < 4.78 is 14.6. The molecule has 0 fully saturated rings. The lowest BCUT2D eigenvalue weighted by Crippen LogP contribution is -2.18. The lowest BCUT2D eigenvalue weighted by Gasteiger charge is -2.16. The Balaban J connectivity index is 2.41. The van der Waals surface area contributed by atoms with Crippen molar-refractivity contribution >= 4 is 27.3 Å². The maximum absolute atomic E-state index is 13.8. The Morgan fingerprint density at radius 3 is 2.75 bits per heavy atom. The lowest BCUT2D eigenvalue weighted by molar-refractivity contribution is 0.576. The van der Waals surface area contributed by atoms with Crippen molar-refractivity contribution in [3.8, 4) is 0 Å². The van der Waals surface area contributed by atoms with E-state index in [1.165, 1.54) is 6.07 Å². The first kappa shape index (κ1) is 11.8. The number of nitrogens with one attached hydrogen (secondary N) is 1. The van der Waals surface area contributed by atoms with Gasteiger partial charge in [0.05, 0.1) is 6.04 Å². The Kier molecular flexibility index (Phi) is 3.74. The second kappa shape index (κ2) is 5.08. The molecule has 1 aromatic heterocycles. The Labute approximate surface area is 106 Å². The highest BCUT2D eigenvalue weighted by atomic mass is 79.9. The molecular weight excluding hydrogens is 289 g/mol. The molecule has 1 nitrogen and oxygen atoms in total. The molecule has 84 valence electrons. The third-order valence-corrected chi connectivity index (χ3v) is 3.63. The number of rotatable bonds is 3. The minimum absolute atomic E-state index is 0.0839. The number of thiophene rings is 1. The van der Waals surface area contributed by atoms with Gasteiger partial charge in [0.15, 0.2) is 0 Å². The first-order valence-corrected chi connectivity index (χ1v) is 6.60. The van der Waals surface area contributed by atoms with E-state index >= 15 is 0 Å². The van der Waals surface area contributed by atoms with Gasteiger partial charge in [0.25, 0.3) is 0 Å². The number of benzene rings is 1. The van der Waals surface area contributed by atoms with E-state index in [4.69, 9.17) is 0 Å². The molecule has 16 heavy (non-hydrogen) atoms. The fraction of sp³-hybridized carbons (Fsp3) is 0.167. The van der Waals surface area contributed by atoms with Crippen LogP contribution in [-0.2, 0) is 0 Å². The van der Waals surface area contributed by atoms with Gasteiger partial charge in [-0.25, -0.2) is 4.39 Å². The Bertz CT molecular complexity index is 470. The first-order chi connectivity index (χ1) is 7.72. The fourth-order valence-corrected chi connectivity index (χ4v) is 2.70. The van der Waals surface area contributed by atoms with E-state index in [0.29, 0.717) is 5.56 Å². The van der Waals surface area contributed by atoms with Gasteiger partial charge < -0.3 is 5.32 Å². The van der Waals surface area contributed by atoms with E-state index in [9.17, 15) is 4.39 Å². The van der Waals surface area contributed by atoms with Crippen molar-refractivity contribution in [3.05, 3.63) is 56.4 Å². The van der Waals surface area contributed by atoms with E-state index in [0.717, 1.165) is 10.0 Å². The summed E-state index contributed by atoms with van der Waals surface area (Å²) in [5, 5.41) is 7.16. The third-order valence-electron chi connectivity index (χ3n) is 2.44. The van der Waals surface area contributed by atoms with Crippen LogP contribution in [0.5, 0.6) is 0 Å². The third kappa shape index (κ3) is 2.34. The molecule has 0 saturated carbocycles. The van der Waals surface area contributed by atoms with Gasteiger partial charge in [-0.1, -0.05) is 22.0 Å². The summed E-state index contributed by atoms with van der Waals surface area (Å²) in [7, 11) is 1.84. The number of hydrogen-bond acceptors (Lipinski definition) is 2. The molecule has 0 bridgehead atoms. The molecule has 1 heterocycles. The van der Waals surface area contributed by atoms with Crippen molar-refractivity contribution < 1.29 is 4.39 Å².